The molecule has 0 amide bonds. The highest BCUT2D eigenvalue weighted by atomic mass is 16.4. The first-order valence-corrected chi connectivity index (χ1v) is 6.60. The summed E-state index contributed by atoms with van der Waals surface area (Å²) in [4.78, 5) is 32.8. The predicted octanol–water partition coefficient (Wildman–Crippen LogP) is 2.18. The number of carbonyl (C=O) groups is 3. The lowest BCUT2D eigenvalue weighted by Crippen LogP contribution is -2.07. The van der Waals surface area contributed by atoms with Crippen molar-refractivity contribution in [1.29, 1.82) is 0 Å². The van der Waals surface area contributed by atoms with E-state index in [-0.39, 0.29) is 24.8 Å². The van der Waals surface area contributed by atoms with Crippen LogP contribution < -0.4 is 0 Å². The summed E-state index contributed by atoms with van der Waals surface area (Å²) >= 11 is 0. The van der Waals surface area contributed by atoms with Gasteiger partial charge < -0.3 is 15.3 Å². The number of aryl methyl sites for hydroxylation is 1. The van der Waals surface area contributed by atoms with Crippen LogP contribution in [0.5, 0.6) is 0 Å². The lowest BCUT2D eigenvalue weighted by atomic mass is 9.93. The fourth-order valence-electron chi connectivity index (χ4n) is 2.41. The summed E-state index contributed by atoms with van der Waals surface area (Å²) in [5, 5.41) is 28.1. The van der Waals surface area contributed by atoms with Gasteiger partial charge in [-0.05, 0) is 40.5 Å². The van der Waals surface area contributed by atoms with Gasteiger partial charge in [-0.15, -0.1) is 0 Å². The molecule has 0 unspecified atom stereocenters. The third kappa shape index (κ3) is 3.41. The second kappa shape index (κ2) is 6.26. The highest BCUT2D eigenvalue weighted by molar-refractivity contribution is 5.96. The van der Waals surface area contributed by atoms with Crippen LogP contribution in [-0.4, -0.2) is 33.2 Å². The Balaban J connectivity index is 2.56. The molecule has 0 saturated carbocycles. The minimum Gasteiger partial charge on any atom is -0.481 e. The zero-order valence-electron chi connectivity index (χ0n) is 11.6. The second-order valence-corrected chi connectivity index (χ2v) is 4.91. The van der Waals surface area contributed by atoms with Crippen molar-refractivity contribution in [2.24, 2.45) is 0 Å². The van der Waals surface area contributed by atoms with Crippen LogP contribution in [0.4, 0.5) is 0 Å². The van der Waals surface area contributed by atoms with Crippen LogP contribution in [-0.2, 0) is 22.4 Å². The molecule has 0 radical (unpaired) electrons. The van der Waals surface area contributed by atoms with E-state index in [1.807, 2.05) is 0 Å². The van der Waals surface area contributed by atoms with E-state index in [1.165, 1.54) is 12.1 Å². The first-order chi connectivity index (χ1) is 10.4. The van der Waals surface area contributed by atoms with Crippen LogP contribution in [0, 0.1) is 0 Å². The Morgan fingerprint density at radius 1 is 0.909 bits per heavy atom. The smallest absolute Gasteiger partial charge is 0.335 e. The molecule has 2 rings (SSSR count). The summed E-state index contributed by atoms with van der Waals surface area (Å²) in [7, 11) is 0. The lowest BCUT2D eigenvalue weighted by Gasteiger charge is -2.11. The molecule has 0 bridgehead atoms. The maximum atomic E-state index is 11.1. The summed E-state index contributed by atoms with van der Waals surface area (Å²) in [5.74, 6) is -3.04. The van der Waals surface area contributed by atoms with Gasteiger partial charge in [0.05, 0.1) is 12.0 Å². The zero-order valence-corrected chi connectivity index (χ0v) is 11.6. The van der Waals surface area contributed by atoms with E-state index in [0.29, 0.717) is 21.9 Å². The van der Waals surface area contributed by atoms with Gasteiger partial charge >= 0.3 is 17.9 Å². The fraction of sp³-hybridized carbons (Fsp3) is 0.188. The molecular weight excluding hydrogens is 288 g/mol. The quantitative estimate of drug-likeness (QED) is 0.754. The maximum Gasteiger partial charge on any atom is 0.335 e. The molecule has 0 fully saturated rings. The summed E-state index contributed by atoms with van der Waals surface area (Å²) < 4.78 is 0. The summed E-state index contributed by atoms with van der Waals surface area (Å²) in [6, 6.07) is 7.81. The van der Waals surface area contributed by atoms with E-state index < -0.39 is 17.9 Å². The van der Waals surface area contributed by atoms with Gasteiger partial charge in [0.1, 0.15) is 0 Å². The van der Waals surface area contributed by atoms with Crippen LogP contribution in [0.1, 0.15) is 27.9 Å². The van der Waals surface area contributed by atoms with Gasteiger partial charge in [0.25, 0.3) is 0 Å². The van der Waals surface area contributed by atoms with E-state index in [4.69, 9.17) is 15.3 Å². The normalized spacial score (nSPS) is 10.5. The molecule has 22 heavy (non-hydrogen) atoms. The Kier molecular flexibility index (Phi) is 4.41. The number of hydrogen-bond acceptors (Lipinski definition) is 3. The molecular formula is C16H14O6. The Morgan fingerprint density at radius 3 is 2.23 bits per heavy atom. The number of aliphatic carboxylic acids is 2. The van der Waals surface area contributed by atoms with Crippen molar-refractivity contribution in [3.05, 3.63) is 47.0 Å². The van der Waals surface area contributed by atoms with Crippen LogP contribution in [0.15, 0.2) is 30.3 Å². The molecule has 0 saturated heterocycles. The zero-order chi connectivity index (χ0) is 16.3. The molecule has 3 N–H and O–H groups in total. The number of carboxylic acid groups (broad SMARTS) is 3. The molecule has 6 nitrogen and oxygen atoms in total. The molecule has 0 spiro atoms. The number of aromatic carboxylic acids is 1. The van der Waals surface area contributed by atoms with Crippen LogP contribution >= 0.6 is 0 Å². The predicted molar refractivity (Wildman–Crippen MR) is 78.2 cm³/mol. The summed E-state index contributed by atoms with van der Waals surface area (Å²) in [6.45, 7) is 0. The maximum absolute atomic E-state index is 11.1. The molecule has 2 aromatic carbocycles. The average molecular weight is 302 g/mol. The Bertz CT molecular complexity index is 763. The van der Waals surface area contributed by atoms with E-state index in [9.17, 15) is 14.4 Å². The van der Waals surface area contributed by atoms with Crippen LogP contribution in [0.2, 0.25) is 0 Å². The number of carboxylic acids is 3. The molecule has 0 heterocycles. The largest absolute Gasteiger partial charge is 0.481 e. The highest BCUT2D eigenvalue weighted by Gasteiger charge is 2.14. The third-order valence-electron chi connectivity index (χ3n) is 3.41. The average Bonchev–Trinajstić information content (AvgIpc) is 2.45. The number of hydrogen-bond donors (Lipinski definition) is 3. The van der Waals surface area contributed by atoms with Gasteiger partial charge in [0, 0.05) is 6.42 Å². The van der Waals surface area contributed by atoms with Crippen molar-refractivity contribution in [1.82, 2.24) is 0 Å². The van der Waals surface area contributed by atoms with Crippen molar-refractivity contribution in [2.75, 3.05) is 0 Å². The molecule has 0 atom stereocenters. The van der Waals surface area contributed by atoms with Gasteiger partial charge in [0.2, 0.25) is 0 Å². The van der Waals surface area contributed by atoms with Crippen molar-refractivity contribution in [2.45, 2.75) is 19.3 Å². The van der Waals surface area contributed by atoms with Crippen molar-refractivity contribution < 1.29 is 29.7 Å². The second-order valence-electron chi connectivity index (χ2n) is 4.91. The van der Waals surface area contributed by atoms with Crippen molar-refractivity contribution in [3.8, 4) is 0 Å². The number of benzene rings is 2. The number of rotatable bonds is 6. The van der Waals surface area contributed by atoms with Gasteiger partial charge in [-0.2, -0.15) is 0 Å². The van der Waals surface area contributed by atoms with Gasteiger partial charge in [0.15, 0.2) is 0 Å². The van der Waals surface area contributed by atoms with Gasteiger partial charge in [-0.1, -0.05) is 18.2 Å². The first-order valence-electron chi connectivity index (χ1n) is 6.60. The van der Waals surface area contributed by atoms with Crippen molar-refractivity contribution in [3.63, 3.8) is 0 Å². The Labute approximate surface area is 125 Å². The molecule has 0 aliphatic carbocycles. The van der Waals surface area contributed by atoms with Gasteiger partial charge in [-0.3, -0.25) is 9.59 Å². The van der Waals surface area contributed by atoms with Gasteiger partial charge in [-0.25, -0.2) is 4.79 Å². The fourth-order valence-corrected chi connectivity index (χ4v) is 2.41. The molecule has 0 aliphatic rings. The first kappa shape index (κ1) is 15.5. The molecule has 114 valence electrons. The summed E-state index contributed by atoms with van der Waals surface area (Å²) in [5.41, 5.74) is 1.30. The monoisotopic (exact) mass is 302 g/mol. The lowest BCUT2D eigenvalue weighted by molar-refractivity contribution is -0.137. The highest BCUT2D eigenvalue weighted by Crippen LogP contribution is 2.25. The minimum atomic E-state index is -1.06. The topological polar surface area (TPSA) is 112 Å². The number of fused-ring (bicyclic) bond motifs is 1. The third-order valence-corrected chi connectivity index (χ3v) is 3.41. The standard InChI is InChI=1S/C16H14O6/c17-14(18)6-4-9-1-2-10-7-11(16(21)22)3-5-12(10)13(9)8-15(19)20/h1-3,5,7H,4,6,8H2,(H,17,18)(H,19,20)(H,21,22). The Hall–Kier alpha value is -2.89. The van der Waals surface area contributed by atoms with Crippen LogP contribution in [0.25, 0.3) is 10.8 Å². The summed E-state index contributed by atoms with van der Waals surface area (Å²) in [6.07, 6.45) is -0.0986. The molecule has 6 heteroatoms. The van der Waals surface area contributed by atoms with E-state index in [0.717, 1.165) is 0 Å². The SMILES string of the molecule is O=C(O)CCc1ccc2cc(C(=O)O)ccc2c1CC(=O)O. The molecule has 2 aromatic rings. The van der Waals surface area contributed by atoms with E-state index in [2.05, 4.69) is 0 Å². The van der Waals surface area contributed by atoms with Crippen molar-refractivity contribution >= 4 is 28.7 Å². The van der Waals surface area contributed by atoms with E-state index >= 15 is 0 Å². The van der Waals surface area contributed by atoms with E-state index in [1.54, 1.807) is 18.2 Å². The Morgan fingerprint density at radius 2 is 1.64 bits per heavy atom. The molecule has 0 aliphatic heterocycles. The minimum absolute atomic E-state index is 0.0919. The molecule has 0 aromatic heterocycles. The van der Waals surface area contributed by atoms with Crippen LogP contribution in [0.3, 0.4) is 0 Å².